The van der Waals surface area contributed by atoms with Gasteiger partial charge in [-0.3, -0.25) is 0 Å². The van der Waals surface area contributed by atoms with E-state index in [0.29, 0.717) is 0 Å². The Balaban J connectivity index is 0.000000631. The fourth-order valence-corrected chi connectivity index (χ4v) is 1.41. The number of hydrogen-bond acceptors (Lipinski definition) is 4. The van der Waals surface area contributed by atoms with Gasteiger partial charge in [-0.2, -0.15) is 0 Å². The average molecular weight is 257 g/mol. The number of aliphatic hydroxyl groups excluding tert-OH is 1. The lowest BCUT2D eigenvalue weighted by atomic mass is 10.3. The van der Waals surface area contributed by atoms with E-state index in [4.69, 9.17) is 15.0 Å². The summed E-state index contributed by atoms with van der Waals surface area (Å²) in [5.41, 5.74) is 0.906. The Kier molecular flexibility index (Phi) is 8.82. The van der Waals surface area contributed by atoms with E-state index in [1.807, 2.05) is 15.6 Å². The molecule has 0 aliphatic rings. The van der Waals surface area contributed by atoms with Crippen molar-refractivity contribution in [2.75, 3.05) is 0 Å². The first kappa shape index (κ1) is 16.6. The first-order valence-corrected chi connectivity index (χ1v) is 6.30. The lowest BCUT2D eigenvalue weighted by molar-refractivity contribution is -0.755. The summed E-state index contributed by atoms with van der Waals surface area (Å²) in [6.45, 7) is 7.15. The standard InChI is InChI=1S/C10H20N3O.C2H4O2/c1-3-5-7-12-8-10(9-14)13(11-12)6-4-2;1-2(3)4/h8,14H,3-7,9H2,1-2H3;1H3,(H,3,4)/q+1;/p-1. The molecule has 0 atom stereocenters. The van der Waals surface area contributed by atoms with Gasteiger partial charge in [-0.25, -0.2) is 0 Å². The molecule has 0 amide bonds. The Morgan fingerprint density at radius 3 is 2.56 bits per heavy atom. The summed E-state index contributed by atoms with van der Waals surface area (Å²) in [6.07, 6.45) is 5.29. The third-order valence-corrected chi connectivity index (χ3v) is 2.19. The number of unbranched alkanes of at least 4 members (excludes halogenated alkanes) is 1. The van der Waals surface area contributed by atoms with Crippen LogP contribution in [0.4, 0.5) is 0 Å². The Hall–Kier alpha value is -1.43. The highest BCUT2D eigenvalue weighted by atomic mass is 16.4. The molecule has 1 aromatic heterocycles. The van der Waals surface area contributed by atoms with Crippen molar-refractivity contribution >= 4 is 5.97 Å². The summed E-state index contributed by atoms with van der Waals surface area (Å²) < 4.78 is 3.81. The van der Waals surface area contributed by atoms with Crippen molar-refractivity contribution in [3.8, 4) is 0 Å². The highest BCUT2D eigenvalue weighted by molar-refractivity contribution is 5.60. The highest BCUT2D eigenvalue weighted by Gasteiger charge is 2.13. The van der Waals surface area contributed by atoms with Gasteiger partial charge in [0.05, 0.1) is 5.21 Å². The number of carboxylic acid groups (broad SMARTS) is 1. The van der Waals surface area contributed by atoms with Crippen LogP contribution in [0.2, 0.25) is 0 Å². The van der Waals surface area contributed by atoms with Gasteiger partial charge in [-0.15, -0.1) is 9.36 Å². The van der Waals surface area contributed by atoms with Gasteiger partial charge >= 0.3 is 0 Å². The number of aliphatic carboxylic acids is 1. The van der Waals surface area contributed by atoms with Gasteiger partial charge in [-0.05, 0) is 19.8 Å². The molecule has 1 rings (SSSR count). The zero-order valence-electron chi connectivity index (χ0n) is 11.4. The molecule has 0 aromatic carbocycles. The van der Waals surface area contributed by atoms with Gasteiger partial charge in [0.1, 0.15) is 19.7 Å². The molecule has 6 heteroatoms. The third-order valence-electron chi connectivity index (χ3n) is 2.19. The van der Waals surface area contributed by atoms with E-state index >= 15 is 0 Å². The number of aromatic nitrogens is 3. The summed E-state index contributed by atoms with van der Waals surface area (Å²) in [4.78, 5) is 8.89. The number of hydrogen-bond donors (Lipinski definition) is 1. The quantitative estimate of drug-likeness (QED) is 0.705. The molecular formula is C12H23N3O3. The molecule has 0 bridgehead atoms. The van der Waals surface area contributed by atoms with E-state index in [2.05, 4.69) is 19.1 Å². The first-order valence-electron chi connectivity index (χ1n) is 6.30. The van der Waals surface area contributed by atoms with Crippen LogP contribution in [0.3, 0.4) is 0 Å². The molecule has 0 aliphatic carbocycles. The fraction of sp³-hybridized carbons (Fsp3) is 0.750. The minimum absolute atomic E-state index is 0.0755. The van der Waals surface area contributed by atoms with Crippen LogP contribution in [0.15, 0.2) is 6.20 Å². The van der Waals surface area contributed by atoms with Gasteiger partial charge in [0.25, 0.3) is 0 Å². The Labute approximate surface area is 108 Å². The second-order valence-corrected chi connectivity index (χ2v) is 4.00. The normalized spacial score (nSPS) is 9.78. The van der Waals surface area contributed by atoms with Crippen LogP contribution in [0.1, 0.15) is 45.7 Å². The second kappa shape index (κ2) is 9.58. The maximum absolute atomic E-state index is 9.11. The molecule has 0 radical (unpaired) electrons. The third kappa shape index (κ3) is 7.01. The molecule has 0 spiro atoms. The van der Waals surface area contributed by atoms with E-state index in [0.717, 1.165) is 38.5 Å². The number of aryl methyl sites for hydroxylation is 2. The molecular weight excluding hydrogens is 234 g/mol. The largest absolute Gasteiger partial charge is 0.550 e. The lowest BCUT2D eigenvalue weighted by Crippen LogP contribution is -2.36. The maximum Gasteiger partial charge on any atom is 0.192 e. The predicted octanol–water partition coefficient (Wildman–Crippen LogP) is -0.371. The zero-order chi connectivity index (χ0) is 14.0. The molecule has 0 aliphatic heterocycles. The van der Waals surface area contributed by atoms with Crippen molar-refractivity contribution in [2.24, 2.45) is 0 Å². The van der Waals surface area contributed by atoms with Crippen LogP contribution < -0.4 is 9.79 Å². The molecule has 0 saturated heterocycles. The van der Waals surface area contributed by atoms with E-state index in [-0.39, 0.29) is 6.61 Å². The second-order valence-electron chi connectivity index (χ2n) is 4.00. The molecule has 6 nitrogen and oxygen atoms in total. The summed E-state index contributed by atoms with van der Waals surface area (Å²) in [6, 6.07) is 0. The molecule has 1 N–H and O–H groups in total. The SMILES string of the molecule is CC(=O)[O-].CCCC[n+]1cc(CO)n(CCC)n1. The average Bonchev–Trinajstić information content (AvgIpc) is 2.68. The number of carboxylic acids is 1. The van der Waals surface area contributed by atoms with Crippen LogP contribution in [0.5, 0.6) is 0 Å². The number of rotatable bonds is 6. The Morgan fingerprint density at radius 2 is 2.11 bits per heavy atom. The predicted molar refractivity (Wildman–Crippen MR) is 64.2 cm³/mol. The molecule has 18 heavy (non-hydrogen) atoms. The van der Waals surface area contributed by atoms with Crippen molar-refractivity contribution in [3.05, 3.63) is 11.9 Å². The number of nitrogens with zero attached hydrogens (tertiary/aromatic N) is 3. The molecule has 0 saturated carbocycles. The Morgan fingerprint density at radius 1 is 1.50 bits per heavy atom. The van der Waals surface area contributed by atoms with Gasteiger partial charge < -0.3 is 15.0 Å². The minimum Gasteiger partial charge on any atom is -0.550 e. The molecule has 0 fully saturated rings. The molecule has 1 heterocycles. The summed E-state index contributed by atoms with van der Waals surface area (Å²) in [5.74, 6) is -1.08. The van der Waals surface area contributed by atoms with Crippen LogP contribution in [0.25, 0.3) is 0 Å². The summed E-state index contributed by atoms with van der Waals surface area (Å²) in [7, 11) is 0. The lowest BCUT2D eigenvalue weighted by Gasteiger charge is -1.91. The van der Waals surface area contributed by atoms with Gasteiger partial charge in [0, 0.05) is 5.97 Å². The monoisotopic (exact) mass is 257 g/mol. The van der Waals surface area contributed by atoms with Crippen molar-refractivity contribution in [1.82, 2.24) is 9.90 Å². The zero-order valence-corrected chi connectivity index (χ0v) is 11.4. The summed E-state index contributed by atoms with van der Waals surface area (Å²) >= 11 is 0. The number of carbonyl (C=O) groups is 1. The van der Waals surface area contributed by atoms with Crippen LogP contribution in [-0.2, 0) is 24.5 Å². The minimum atomic E-state index is -1.08. The maximum atomic E-state index is 9.11. The van der Waals surface area contributed by atoms with E-state index in [1.54, 1.807) is 0 Å². The van der Waals surface area contributed by atoms with Crippen LogP contribution in [0, 0.1) is 0 Å². The van der Waals surface area contributed by atoms with Gasteiger partial charge in [0.15, 0.2) is 11.9 Å². The van der Waals surface area contributed by atoms with Crippen molar-refractivity contribution in [3.63, 3.8) is 0 Å². The van der Waals surface area contributed by atoms with Gasteiger partial charge in [-0.1, -0.05) is 20.3 Å². The van der Waals surface area contributed by atoms with Crippen LogP contribution in [-0.4, -0.2) is 21.0 Å². The highest BCUT2D eigenvalue weighted by Crippen LogP contribution is 1.97. The first-order chi connectivity index (χ1) is 8.54. The van der Waals surface area contributed by atoms with E-state index < -0.39 is 5.97 Å². The number of carbonyl (C=O) groups excluding carboxylic acids is 1. The topological polar surface area (TPSA) is 82.1 Å². The molecule has 1 aromatic rings. The molecule has 104 valence electrons. The fourth-order valence-electron chi connectivity index (χ4n) is 1.41. The summed E-state index contributed by atoms with van der Waals surface area (Å²) in [5, 5.41) is 22.4. The number of aliphatic hydroxyl groups is 1. The smallest absolute Gasteiger partial charge is 0.192 e. The van der Waals surface area contributed by atoms with Crippen molar-refractivity contribution < 1.29 is 19.7 Å². The van der Waals surface area contributed by atoms with Crippen LogP contribution >= 0.6 is 0 Å². The van der Waals surface area contributed by atoms with Gasteiger partial charge in [0.2, 0.25) is 0 Å². The molecule has 0 unspecified atom stereocenters. The Bertz CT molecular complexity index is 346. The van der Waals surface area contributed by atoms with E-state index in [9.17, 15) is 0 Å². The van der Waals surface area contributed by atoms with E-state index in [1.165, 1.54) is 6.42 Å². The van der Waals surface area contributed by atoms with Crippen molar-refractivity contribution in [2.45, 2.75) is 59.7 Å². The van der Waals surface area contributed by atoms with Crippen molar-refractivity contribution in [1.29, 1.82) is 0 Å².